The second-order valence-electron chi connectivity index (χ2n) is 7.87. The van der Waals surface area contributed by atoms with Gasteiger partial charge in [0, 0.05) is 23.9 Å². The number of hydrogen-bond donors (Lipinski definition) is 2. The van der Waals surface area contributed by atoms with Crippen molar-refractivity contribution < 1.29 is 14.2 Å². The second-order valence-corrected chi connectivity index (χ2v) is 8.93. The second kappa shape index (κ2) is 7.96. The molecule has 1 unspecified atom stereocenters. The van der Waals surface area contributed by atoms with E-state index >= 15 is 0 Å². The van der Waals surface area contributed by atoms with E-state index in [1.54, 1.807) is 11.3 Å². The molecule has 0 bridgehead atoms. The van der Waals surface area contributed by atoms with Gasteiger partial charge in [-0.25, -0.2) is 15.0 Å². The summed E-state index contributed by atoms with van der Waals surface area (Å²) in [4.78, 5) is 13.8. The SMILES string of the molecule is Cc1nc(COc2ccc(C3N=C(N)Nc4nc5cc6c(cc5n43)OCCCO6)cc2)cs1. The Labute approximate surface area is 193 Å². The summed E-state index contributed by atoms with van der Waals surface area (Å²) in [5, 5.41) is 6.11. The number of imidazole rings is 1. The van der Waals surface area contributed by atoms with E-state index in [1.807, 2.05) is 53.3 Å². The van der Waals surface area contributed by atoms with Crippen molar-refractivity contribution in [3.8, 4) is 17.2 Å². The number of aryl methyl sites for hydroxylation is 1. The molecule has 0 saturated heterocycles. The lowest BCUT2D eigenvalue weighted by Gasteiger charge is -2.24. The highest BCUT2D eigenvalue weighted by atomic mass is 32.1. The Morgan fingerprint density at radius 3 is 2.70 bits per heavy atom. The van der Waals surface area contributed by atoms with Crippen LogP contribution in [0.1, 0.15) is 28.9 Å². The van der Waals surface area contributed by atoms with Crippen LogP contribution in [0.2, 0.25) is 0 Å². The molecule has 0 saturated carbocycles. The van der Waals surface area contributed by atoms with Gasteiger partial charge in [0.05, 0.1) is 34.9 Å². The van der Waals surface area contributed by atoms with Crippen LogP contribution in [0.15, 0.2) is 46.8 Å². The van der Waals surface area contributed by atoms with Crippen molar-refractivity contribution in [1.29, 1.82) is 0 Å². The van der Waals surface area contributed by atoms with E-state index in [1.165, 1.54) is 0 Å². The summed E-state index contributed by atoms with van der Waals surface area (Å²) in [5.41, 5.74) is 9.66. The van der Waals surface area contributed by atoms with Crippen LogP contribution in [0.4, 0.5) is 5.95 Å². The van der Waals surface area contributed by atoms with E-state index < -0.39 is 0 Å². The molecule has 9 nitrogen and oxygen atoms in total. The Kier molecular flexibility index (Phi) is 4.79. The molecule has 0 amide bonds. The van der Waals surface area contributed by atoms with Crippen LogP contribution in [0, 0.1) is 6.92 Å². The average molecular weight is 463 g/mol. The number of nitrogens with zero attached hydrogens (tertiary/aromatic N) is 4. The number of fused-ring (bicyclic) bond motifs is 4. The number of aromatic nitrogens is 3. The third-order valence-electron chi connectivity index (χ3n) is 5.54. The molecule has 10 heteroatoms. The Balaban J connectivity index is 1.33. The minimum atomic E-state index is -0.369. The summed E-state index contributed by atoms with van der Waals surface area (Å²) < 4.78 is 19.6. The molecule has 6 rings (SSSR count). The predicted molar refractivity (Wildman–Crippen MR) is 126 cm³/mol. The molecule has 4 heterocycles. The largest absolute Gasteiger partial charge is 0.489 e. The fraction of sp³-hybridized carbons (Fsp3) is 0.261. The van der Waals surface area contributed by atoms with Gasteiger partial charge in [-0.3, -0.25) is 9.88 Å². The molecule has 0 radical (unpaired) electrons. The van der Waals surface area contributed by atoms with Crippen LogP contribution in [0.5, 0.6) is 17.2 Å². The van der Waals surface area contributed by atoms with E-state index in [2.05, 4.69) is 15.3 Å². The molecule has 33 heavy (non-hydrogen) atoms. The lowest BCUT2D eigenvalue weighted by Crippen LogP contribution is -2.31. The number of benzene rings is 2. The lowest BCUT2D eigenvalue weighted by molar-refractivity contribution is 0.297. The van der Waals surface area contributed by atoms with Gasteiger partial charge in [-0.05, 0) is 24.6 Å². The molecule has 0 aliphatic carbocycles. The highest BCUT2D eigenvalue weighted by molar-refractivity contribution is 7.09. The number of guanidine groups is 1. The topological polar surface area (TPSA) is 109 Å². The normalized spacial score (nSPS) is 17.1. The van der Waals surface area contributed by atoms with Crippen molar-refractivity contribution in [1.82, 2.24) is 14.5 Å². The predicted octanol–water partition coefficient (Wildman–Crippen LogP) is 3.83. The highest BCUT2D eigenvalue weighted by Gasteiger charge is 2.27. The smallest absolute Gasteiger partial charge is 0.212 e. The van der Waals surface area contributed by atoms with Crippen LogP contribution < -0.4 is 25.3 Å². The first kappa shape index (κ1) is 19.9. The van der Waals surface area contributed by atoms with Gasteiger partial charge in [0.1, 0.15) is 12.4 Å². The Hall–Kier alpha value is -3.79. The maximum absolute atomic E-state index is 6.09. The van der Waals surface area contributed by atoms with Gasteiger partial charge in [0.2, 0.25) is 5.95 Å². The first-order valence-electron chi connectivity index (χ1n) is 10.7. The van der Waals surface area contributed by atoms with Crippen LogP contribution in [0.25, 0.3) is 11.0 Å². The number of anilines is 1. The molecule has 0 fully saturated rings. The first-order valence-corrected chi connectivity index (χ1v) is 11.6. The van der Waals surface area contributed by atoms with Crippen LogP contribution in [0.3, 0.4) is 0 Å². The maximum Gasteiger partial charge on any atom is 0.212 e. The summed E-state index contributed by atoms with van der Waals surface area (Å²) in [5.74, 6) is 3.13. The van der Waals surface area contributed by atoms with Crippen molar-refractivity contribution >= 4 is 34.3 Å². The monoisotopic (exact) mass is 462 g/mol. The molecule has 168 valence electrons. The van der Waals surface area contributed by atoms with E-state index in [4.69, 9.17) is 24.9 Å². The number of nitrogens with one attached hydrogen (secondary N) is 1. The van der Waals surface area contributed by atoms with Crippen molar-refractivity contribution in [3.63, 3.8) is 0 Å². The number of ether oxygens (including phenoxy) is 3. The molecule has 3 N–H and O–H groups in total. The van der Waals surface area contributed by atoms with E-state index in [9.17, 15) is 0 Å². The lowest BCUT2D eigenvalue weighted by atomic mass is 10.1. The molecular weight excluding hydrogens is 440 g/mol. The van der Waals surface area contributed by atoms with Gasteiger partial charge >= 0.3 is 0 Å². The fourth-order valence-corrected chi connectivity index (χ4v) is 4.61. The molecule has 2 aliphatic rings. The van der Waals surface area contributed by atoms with Gasteiger partial charge in [-0.15, -0.1) is 11.3 Å². The van der Waals surface area contributed by atoms with Crippen molar-refractivity contribution in [2.24, 2.45) is 10.7 Å². The molecule has 1 atom stereocenters. The van der Waals surface area contributed by atoms with Gasteiger partial charge in [-0.2, -0.15) is 0 Å². The van der Waals surface area contributed by atoms with E-state index in [-0.39, 0.29) is 6.17 Å². The zero-order valence-electron chi connectivity index (χ0n) is 17.9. The molecule has 2 aromatic carbocycles. The van der Waals surface area contributed by atoms with Crippen LogP contribution >= 0.6 is 11.3 Å². The van der Waals surface area contributed by atoms with Crippen LogP contribution in [-0.4, -0.2) is 33.7 Å². The number of hydrogen-bond acceptors (Lipinski definition) is 9. The summed E-state index contributed by atoms with van der Waals surface area (Å²) in [6, 6.07) is 11.7. The molecule has 2 aliphatic heterocycles. The van der Waals surface area contributed by atoms with Gasteiger partial charge in [-0.1, -0.05) is 12.1 Å². The number of rotatable bonds is 4. The molecule has 0 spiro atoms. The quantitative estimate of drug-likeness (QED) is 0.474. The summed E-state index contributed by atoms with van der Waals surface area (Å²) in [7, 11) is 0. The van der Waals surface area contributed by atoms with Gasteiger partial charge in [0.25, 0.3) is 0 Å². The standard InChI is InChI=1S/C23H22N6O3S/c1-13-25-15(12-33-13)11-32-16-5-3-14(4-6-16)21-27-22(24)28-23-26-17-9-19-20(10-18(17)29(21)23)31-8-2-7-30-19/h3-6,9-10,12,21H,2,7-8,11H2,1H3,(H3,24,26,27,28). The first-order chi connectivity index (χ1) is 16.1. The summed E-state index contributed by atoms with van der Waals surface area (Å²) in [6.45, 7) is 3.66. The highest BCUT2D eigenvalue weighted by Crippen LogP contribution is 2.39. The Morgan fingerprint density at radius 2 is 1.94 bits per heavy atom. The maximum atomic E-state index is 6.09. The molecule has 2 aromatic heterocycles. The van der Waals surface area contributed by atoms with Crippen LogP contribution in [-0.2, 0) is 6.61 Å². The Morgan fingerprint density at radius 1 is 1.15 bits per heavy atom. The summed E-state index contributed by atoms with van der Waals surface area (Å²) in [6.07, 6.45) is 0.477. The molecule has 4 aromatic rings. The summed E-state index contributed by atoms with van der Waals surface area (Å²) >= 11 is 1.62. The number of thiazole rings is 1. The number of nitrogens with two attached hydrogens (primary N) is 1. The average Bonchev–Trinajstić information content (AvgIpc) is 3.30. The minimum Gasteiger partial charge on any atom is -0.489 e. The van der Waals surface area contributed by atoms with Gasteiger partial charge < -0.3 is 19.9 Å². The minimum absolute atomic E-state index is 0.316. The van der Waals surface area contributed by atoms with E-state index in [0.29, 0.717) is 43.2 Å². The van der Waals surface area contributed by atoms with Crippen molar-refractivity contribution in [3.05, 3.63) is 58.0 Å². The number of aliphatic imine (C=N–C) groups is 1. The van der Waals surface area contributed by atoms with Crippen molar-refractivity contribution in [2.45, 2.75) is 26.1 Å². The van der Waals surface area contributed by atoms with Gasteiger partial charge in [0.15, 0.2) is 23.6 Å². The van der Waals surface area contributed by atoms with Crippen molar-refractivity contribution in [2.75, 3.05) is 18.5 Å². The third-order valence-corrected chi connectivity index (χ3v) is 6.36. The molecular formula is C23H22N6O3S. The Bertz CT molecular complexity index is 1360. The fourth-order valence-electron chi connectivity index (χ4n) is 4.02. The zero-order chi connectivity index (χ0) is 22.4. The van der Waals surface area contributed by atoms with E-state index in [0.717, 1.165) is 39.5 Å². The third kappa shape index (κ3) is 3.72. The zero-order valence-corrected chi connectivity index (χ0v) is 18.8.